The summed E-state index contributed by atoms with van der Waals surface area (Å²) < 4.78 is 0. The number of aromatic nitrogens is 1. The largest absolute Gasteiger partial charge is 0.357 e. The molecule has 0 saturated heterocycles. The quantitative estimate of drug-likeness (QED) is 0.279. The number of nitrogens with zero attached hydrogens (tertiary/aromatic N) is 2. The van der Waals surface area contributed by atoms with Crippen molar-refractivity contribution in [2.24, 2.45) is 4.99 Å². The van der Waals surface area contributed by atoms with Crippen molar-refractivity contribution in [3.8, 4) is 0 Å². The smallest absolute Gasteiger partial charge is 0.226 e. The number of nitrogens with one attached hydrogen (secondary N) is 3. The van der Waals surface area contributed by atoms with Crippen LogP contribution in [0.25, 0.3) is 0 Å². The standard InChI is InChI=1S/C19H26ClN5OS.HI/c1-5-21-19(23-11-18-24-13(3)14(4)27-18)22-10-9-17(26)25-16-8-6-7-15(20)12(16)2;/h6-8H,5,9-11H2,1-4H3,(H,25,26)(H2,21,22,23);1H. The first kappa shape index (κ1) is 24.6. The molecule has 2 rings (SSSR count). The molecule has 0 spiro atoms. The number of thiazole rings is 1. The fourth-order valence-electron chi connectivity index (χ4n) is 2.35. The zero-order valence-corrected chi connectivity index (χ0v) is 20.5. The first-order chi connectivity index (χ1) is 12.9. The van der Waals surface area contributed by atoms with E-state index >= 15 is 0 Å². The lowest BCUT2D eigenvalue weighted by Crippen LogP contribution is -2.38. The average molecular weight is 536 g/mol. The lowest BCUT2D eigenvalue weighted by atomic mass is 10.2. The summed E-state index contributed by atoms with van der Waals surface area (Å²) in [4.78, 5) is 22.4. The number of amides is 1. The lowest BCUT2D eigenvalue weighted by molar-refractivity contribution is -0.116. The predicted octanol–water partition coefficient (Wildman–Crippen LogP) is 4.42. The van der Waals surface area contributed by atoms with Crippen LogP contribution in [0.1, 0.15) is 34.5 Å². The molecule has 3 N–H and O–H groups in total. The van der Waals surface area contributed by atoms with E-state index < -0.39 is 0 Å². The van der Waals surface area contributed by atoms with E-state index in [1.165, 1.54) is 4.88 Å². The molecule has 1 aromatic heterocycles. The summed E-state index contributed by atoms with van der Waals surface area (Å²) in [5.41, 5.74) is 2.66. The zero-order valence-electron chi connectivity index (χ0n) is 16.6. The number of anilines is 1. The molecule has 154 valence electrons. The number of benzene rings is 1. The highest BCUT2D eigenvalue weighted by Gasteiger charge is 2.08. The number of halogens is 2. The predicted molar refractivity (Wildman–Crippen MR) is 129 cm³/mol. The summed E-state index contributed by atoms with van der Waals surface area (Å²) in [6.07, 6.45) is 0.325. The summed E-state index contributed by atoms with van der Waals surface area (Å²) in [6, 6.07) is 5.47. The number of rotatable bonds is 7. The van der Waals surface area contributed by atoms with Gasteiger partial charge in [-0.3, -0.25) is 4.79 Å². The maximum absolute atomic E-state index is 12.2. The van der Waals surface area contributed by atoms with Gasteiger partial charge < -0.3 is 16.0 Å². The second-order valence-corrected chi connectivity index (χ2v) is 7.78. The Morgan fingerprint density at radius 3 is 2.64 bits per heavy atom. The number of aryl methyl sites for hydroxylation is 2. The normalized spacial score (nSPS) is 11.0. The second kappa shape index (κ2) is 12.2. The Bertz CT molecular complexity index is 805. The Balaban J connectivity index is 0.00000392. The van der Waals surface area contributed by atoms with Gasteiger partial charge in [0.15, 0.2) is 5.96 Å². The van der Waals surface area contributed by atoms with Crippen LogP contribution in [0, 0.1) is 20.8 Å². The Morgan fingerprint density at radius 2 is 2.00 bits per heavy atom. The molecule has 0 saturated carbocycles. The van der Waals surface area contributed by atoms with Crippen LogP contribution in [0.2, 0.25) is 5.02 Å². The molecule has 1 aromatic carbocycles. The van der Waals surface area contributed by atoms with Crippen molar-refractivity contribution in [1.29, 1.82) is 0 Å². The highest BCUT2D eigenvalue weighted by atomic mass is 127. The molecule has 9 heteroatoms. The number of hydrogen-bond donors (Lipinski definition) is 3. The number of guanidine groups is 1. The van der Waals surface area contributed by atoms with Gasteiger partial charge in [-0.15, -0.1) is 35.3 Å². The fraction of sp³-hybridized carbons (Fsp3) is 0.421. The van der Waals surface area contributed by atoms with Crippen LogP contribution >= 0.6 is 46.9 Å². The van der Waals surface area contributed by atoms with Gasteiger partial charge in [0.1, 0.15) is 5.01 Å². The summed E-state index contributed by atoms with van der Waals surface area (Å²) in [6.45, 7) is 9.69. The molecule has 6 nitrogen and oxygen atoms in total. The van der Waals surface area contributed by atoms with E-state index in [0.29, 0.717) is 30.5 Å². The van der Waals surface area contributed by atoms with E-state index in [2.05, 4.69) is 32.9 Å². The molecule has 0 unspecified atom stereocenters. The van der Waals surface area contributed by atoms with E-state index in [9.17, 15) is 4.79 Å². The van der Waals surface area contributed by atoms with Gasteiger partial charge in [0, 0.05) is 35.1 Å². The topological polar surface area (TPSA) is 78.4 Å². The van der Waals surface area contributed by atoms with Gasteiger partial charge in [0.25, 0.3) is 0 Å². The molecule has 0 aliphatic heterocycles. The molecule has 1 amide bonds. The fourth-order valence-corrected chi connectivity index (χ4v) is 3.38. The van der Waals surface area contributed by atoms with E-state index in [4.69, 9.17) is 11.6 Å². The molecule has 0 fully saturated rings. The molecule has 0 radical (unpaired) electrons. The van der Waals surface area contributed by atoms with Gasteiger partial charge in [-0.25, -0.2) is 9.98 Å². The van der Waals surface area contributed by atoms with Crippen molar-refractivity contribution in [1.82, 2.24) is 15.6 Å². The van der Waals surface area contributed by atoms with Crippen LogP contribution < -0.4 is 16.0 Å². The third-order valence-electron chi connectivity index (χ3n) is 3.98. The average Bonchev–Trinajstić information content (AvgIpc) is 2.95. The Kier molecular flexibility index (Phi) is 10.8. The van der Waals surface area contributed by atoms with Crippen molar-refractivity contribution >= 4 is 64.5 Å². The van der Waals surface area contributed by atoms with Crippen molar-refractivity contribution in [3.63, 3.8) is 0 Å². The van der Waals surface area contributed by atoms with Crippen LogP contribution in [-0.2, 0) is 11.3 Å². The monoisotopic (exact) mass is 535 g/mol. The number of hydrogen-bond acceptors (Lipinski definition) is 4. The molecule has 0 bridgehead atoms. The minimum absolute atomic E-state index is 0. The van der Waals surface area contributed by atoms with Crippen molar-refractivity contribution in [3.05, 3.63) is 44.4 Å². The van der Waals surface area contributed by atoms with Gasteiger partial charge in [-0.1, -0.05) is 17.7 Å². The van der Waals surface area contributed by atoms with Crippen molar-refractivity contribution < 1.29 is 4.79 Å². The molecule has 0 aliphatic rings. The summed E-state index contributed by atoms with van der Waals surface area (Å²) in [7, 11) is 0. The van der Waals surface area contributed by atoms with E-state index in [1.54, 1.807) is 17.4 Å². The first-order valence-corrected chi connectivity index (χ1v) is 10.1. The lowest BCUT2D eigenvalue weighted by Gasteiger charge is -2.12. The van der Waals surface area contributed by atoms with Gasteiger partial charge in [0.05, 0.1) is 12.2 Å². The van der Waals surface area contributed by atoms with Crippen LogP contribution in [0.4, 0.5) is 5.69 Å². The number of aliphatic imine (C=N–C) groups is 1. The minimum atomic E-state index is -0.0742. The van der Waals surface area contributed by atoms with Crippen LogP contribution in [0.5, 0.6) is 0 Å². The van der Waals surface area contributed by atoms with Crippen LogP contribution in [0.3, 0.4) is 0 Å². The van der Waals surface area contributed by atoms with Gasteiger partial charge >= 0.3 is 0 Å². The van der Waals surface area contributed by atoms with Crippen molar-refractivity contribution in [2.75, 3.05) is 18.4 Å². The highest BCUT2D eigenvalue weighted by molar-refractivity contribution is 14.0. The second-order valence-electron chi connectivity index (χ2n) is 6.08. The summed E-state index contributed by atoms with van der Waals surface area (Å²) in [5.74, 6) is 0.602. The Morgan fingerprint density at radius 1 is 1.25 bits per heavy atom. The molecule has 1 heterocycles. The Hall–Kier alpha value is -1.39. The Labute approximate surface area is 192 Å². The molecular formula is C19H27ClIN5OS. The first-order valence-electron chi connectivity index (χ1n) is 8.90. The SMILES string of the molecule is CCNC(=NCc1nc(C)c(C)s1)NCCC(=O)Nc1cccc(Cl)c1C.I. The maximum Gasteiger partial charge on any atom is 0.226 e. The third kappa shape index (κ3) is 7.56. The molecule has 2 aromatic rings. The molecule has 0 aliphatic carbocycles. The zero-order chi connectivity index (χ0) is 19.8. The molecular weight excluding hydrogens is 509 g/mol. The minimum Gasteiger partial charge on any atom is -0.357 e. The van der Waals surface area contributed by atoms with E-state index in [1.807, 2.05) is 32.9 Å². The van der Waals surface area contributed by atoms with Crippen LogP contribution in [-0.4, -0.2) is 29.9 Å². The van der Waals surface area contributed by atoms with Gasteiger partial charge in [0.2, 0.25) is 5.91 Å². The maximum atomic E-state index is 12.2. The number of carbonyl (C=O) groups excluding carboxylic acids is 1. The summed E-state index contributed by atoms with van der Waals surface area (Å²) >= 11 is 7.74. The van der Waals surface area contributed by atoms with Crippen LogP contribution in [0.15, 0.2) is 23.2 Å². The van der Waals surface area contributed by atoms with Gasteiger partial charge in [-0.05, 0) is 45.4 Å². The van der Waals surface area contributed by atoms with Gasteiger partial charge in [-0.2, -0.15) is 0 Å². The van der Waals surface area contributed by atoms with Crippen molar-refractivity contribution in [2.45, 2.75) is 40.7 Å². The van der Waals surface area contributed by atoms with E-state index in [0.717, 1.165) is 28.5 Å². The number of carbonyl (C=O) groups is 1. The summed E-state index contributed by atoms with van der Waals surface area (Å²) in [5, 5.41) is 10.9. The molecule has 0 atom stereocenters. The van der Waals surface area contributed by atoms with E-state index in [-0.39, 0.29) is 29.9 Å². The molecule has 28 heavy (non-hydrogen) atoms. The highest BCUT2D eigenvalue weighted by Crippen LogP contribution is 2.22. The third-order valence-corrected chi connectivity index (χ3v) is 5.44.